The molecular weight excluding hydrogens is 463 g/mol. The van der Waals surface area contributed by atoms with Gasteiger partial charge in [0.05, 0.1) is 34.9 Å². The van der Waals surface area contributed by atoms with Gasteiger partial charge in [-0.3, -0.25) is 0 Å². The number of hydrazone groups is 1. The van der Waals surface area contributed by atoms with Crippen LogP contribution in [0.5, 0.6) is 0 Å². The standard InChI is InChI=1S/C18H20F3N9O2S/c1-8(32-3)13-12(6-25-16-14(13)27-9(2)33-16)29-17(31)28-10-4-11(18(19,20)21)15(24-5-10)30(23)7-26-22/h4-8H,22-23H2,1-3H3,(H2,28,29,31)/b26-7-/t8-/m0/s1. The monoisotopic (exact) mass is 483 g/mol. The van der Waals surface area contributed by atoms with Gasteiger partial charge in [-0.25, -0.2) is 30.6 Å². The van der Waals surface area contributed by atoms with Crippen LogP contribution in [0.3, 0.4) is 0 Å². The van der Waals surface area contributed by atoms with Crippen LogP contribution >= 0.6 is 11.3 Å². The van der Waals surface area contributed by atoms with Gasteiger partial charge in [0.25, 0.3) is 0 Å². The van der Waals surface area contributed by atoms with E-state index in [0.29, 0.717) is 32.7 Å². The van der Waals surface area contributed by atoms with Crippen molar-refractivity contribution in [2.75, 3.05) is 22.8 Å². The molecule has 0 bridgehead atoms. The summed E-state index contributed by atoms with van der Waals surface area (Å²) >= 11 is 1.38. The number of nitrogens with one attached hydrogen (secondary N) is 2. The first-order chi connectivity index (χ1) is 15.5. The molecule has 0 saturated heterocycles. The average molecular weight is 483 g/mol. The molecular formula is C18H20F3N9O2S. The van der Waals surface area contributed by atoms with Crippen molar-refractivity contribution in [3.63, 3.8) is 0 Å². The molecule has 0 saturated carbocycles. The lowest BCUT2D eigenvalue weighted by atomic mass is 10.1. The molecule has 0 unspecified atom stereocenters. The molecule has 33 heavy (non-hydrogen) atoms. The summed E-state index contributed by atoms with van der Waals surface area (Å²) in [5.74, 6) is 9.76. The Hall–Kier alpha value is -3.56. The van der Waals surface area contributed by atoms with Crippen LogP contribution in [0.2, 0.25) is 0 Å². The first-order valence-electron chi connectivity index (χ1n) is 9.26. The zero-order valence-corrected chi connectivity index (χ0v) is 18.5. The van der Waals surface area contributed by atoms with Crippen LogP contribution < -0.4 is 27.3 Å². The van der Waals surface area contributed by atoms with Crippen molar-refractivity contribution in [2.24, 2.45) is 16.8 Å². The molecule has 6 N–H and O–H groups in total. The van der Waals surface area contributed by atoms with Gasteiger partial charge in [0, 0.05) is 12.7 Å². The van der Waals surface area contributed by atoms with E-state index in [-0.39, 0.29) is 5.69 Å². The van der Waals surface area contributed by atoms with Crippen LogP contribution in [0.25, 0.3) is 10.3 Å². The highest BCUT2D eigenvalue weighted by molar-refractivity contribution is 7.18. The van der Waals surface area contributed by atoms with E-state index in [1.165, 1.54) is 24.6 Å². The van der Waals surface area contributed by atoms with Gasteiger partial charge in [-0.15, -0.1) is 0 Å². The summed E-state index contributed by atoms with van der Waals surface area (Å²) in [5.41, 5.74) is 0.0393. The molecule has 3 rings (SSSR count). The number of hydrazine groups is 1. The van der Waals surface area contributed by atoms with Gasteiger partial charge in [0.2, 0.25) is 0 Å². The Labute approximate surface area is 189 Å². The molecule has 0 aliphatic heterocycles. The summed E-state index contributed by atoms with van der Waals surface area (Å²) in [4.78, 5) is 25.7. The van der Waals surface area contributed by atoms with E-state index in [9.17, 15) is 18.0 Å². The maximum Gasteiger partial charge on any atom is 0.420 e. The zero-order chi connectivity index (χ0) is 24.3. The van der Waals surface area contributed by atoms with Crippen molar-refractivity contribution in [1.29, 1.82) is 0 Å². The average Bonchev–Trinajstić information content (AvgIpc) is 3.12. The predicted molar refractivity (Wildman–Crippen MR) is 119 cm³/mol. The summed E-state index contributed by atoms with van der Waals surface area (Å²) < 4.78 is 45.9. The van der Waals surface area contributed by atoms with E-state index in [2.05, 4.69) is 30.7 Å². The molecule has 1 atom stereocenters. The third-order valence-electron chi connectivity index (χ3n) is 4.45. The lowest BCUT2D eigenvalue weighted by molar-refractivity contribution is -0.137. The second-order valence-corrected chi connectivity index (χ2v) is 7.88. The Morgan fingerprint density at radius 2 is 2.06 bits per heavy atom. The SMILES string of the molecule is CO[C@@H](C)c1c(NC(=O)Nc2cnc(N(N)/C=N\N)c(C(F)(F)F)c2)cnc2sc(C)nc12. The number of alkyl halides is 3. The third kappa shape index (κ3) is 5.27. The number of aromatic nitrogens is 3. The fourth-order valence-corrected chi connectivity index (χ4v) is 3.75. The Kier molecular flexibility index (Phi) is 6.95. The van der Waals surface area contributed by atoms with Crippen LogP contribution in [-0.2, 0) is 10.9 Å². The maximum absolute atomic E-state index is 13.5. The molecule has 3 aromatic heterocycles. The summed E-state index contributed by atoms with van der Waals surface area (Å²) in [5, 5.41) is 9.27. The number of aryl methyl sites for hydroxylation is 1. The number of rotatable bonds is 6. The van der Waals surface area contributed by atoms with Gasteiger partial charge in [0.15, 0.2) is 5.82 Å². The van der Waals surface area contributed by atoms with E-state index in [1.54, 1.807) is 6.92 Å². The molecule has 176 valence electrons. The number of methoxy groups -OCH3 is 1. The van der Waals surface area contributed by atoms with Crippen LogP contribution in [0, 0.1) is 6.92 Å². The third-order valence-corrected chi connectivity index (χ3v) is 5.33. The second kappa shape index (κ2) is 9.51. The summed E-state index contributed by atoms with van der Waals surface area (Å²) in [6.07, 6.45) is -2.04. The van der Waals surface area contributed by atoms with E-state index in [0.717, 1.165) is 17.5 Å². The van der Waals surface area contributed by atoms with Gasteiger partial charge in [-0.2, -0.15) is 18.3 Å². The van der Waals surface area contributed by atoms with Crippen LogP contribution in [0.15, 0.2) is 23.6 Å². The van der Waals surface area contributed by atoms with Crippen molar-refractivity contribution in [3.05, 3.63) is 34.6 Å². The number of carbonyl (C=O) groups is 1. The quantitative estimate of drug-likeness (QED) is 0.180. The molecule has 0 fully saturated rings. The molecule has 0 aromatic carbocycles. The molecule has 15 heteroatoms. The number of ether oxygens (including phenoxy) is 1. The van der Waals surface area contributed by atoms with E-state index in [1.807, 2.05) is 6.92 Å². The number of halogens is 3. The minimum Gasteiger partial charge on any atom is -0.377 e. The highest BCUT2D eigenvalue weighted by atomic mass is 32.1. The Balaban J connectivity index is 1.90. The van der Waals surface area contributed by atoms with Gasteiger partial charge in [-0.05, 0) is 19.9 Å². The molecule has 0 spiro atoms. The number of hydrogen-bond acceptors (Lipinski definition) is 9. The fourth-order valence-electron chi connectivity index (χ4n) is 2.98. The lowest BCUT2D eigenvalue weighted by Crippen LogP contribution is -2.33. The van der Waals surface area contributed by atoms with Crippen LogP contribution in [0.4, 0.5) is 35.2 Å². The molecule has 11 nitrogen and oxygen atoms in total. The number of thiazole rings is 1. The van der Waals surface area contributed by atoms with E-state index >= 15 is 0 Å². The maximum atomic E-state index is 13.5. The molecule has 0 radical (unpaired) electrons. The summed E-state index contributed by atoms with van der Waals surface area (Å²) in [7, 11) is 1.50. The van der Waals surface area contributed by atoms with Crippen molar-refractivity contribution in [3.8, 4) is 0 Å². The van der Waals surface area contributed by atoms with Gasteiger partial charge in [0.1, 0.15) is 22.2 Å². The summed E-state index contributed by atoms with van der Waals surface area (Å²) in [6.45, 7) is 3.60. The number of anilines is 3. The smallest absolute Gasteiger partial charge is 0.377 e. The van der Waals surface area contributed by atoms with Crippen LogP contribution in [0.1, 0.15) is 29.2 Å². The molecule has 0 aliphatic rings. The molecule has 3 aromatic rings. The summed E-state index contributed by atoms with van der Waals surface area (Å²) in [6, 6.07) is -0.126. The Morgan fingerprint density at radius 1 is 1.33 bits per heavy atom. The van der Waals surface area contributed by atoms with Crippen LogP contribution in [-0.4, -0.2) is 34.4 Å². The Bertz CT molecular complexity index is 1200. The number of hydrogen-bond donors (Lipinski definition) is 4. The molecule has 3 heterocycles. The van der Waals surface area contributed by atoms with Gasteiger partial charge >= 0.3 is 12.2 Å². The number of amides is 2. The number of pyridine rings is 2. The van der Waals surface area contributed by atoms with Gasteiger partial charge in [-0.1, -0.05) is 11.3 Å². The number of carbonyl (C=O) groups excluding carboxylic acids is 1. The van der Waals surface area contributed by atoms with Crippen molar-refractivity contribution >= 4 is 51.2 Å². The topological polar surface area (TPSA) is 157 Å². The first-order valence-corrected chi connectivity index (χ1v) is 10.1. The molecule has 0 aliphatic carbocycles. The normalized spacial score (nSPS) is 12.8. The minimum atomic E-state index is -4.81. The minimum absolute atomic E-state index is 0.221. The van der Waals surface area contributed by atoms with E-state index < -0.39 is 29.7 Å². The first kappa shape index (κ1) is 24.1. The number of nitrogens with two attached hydrogens (primary N) is 2. The number of nitrogens with zero attached hydrogens (tertiary/aromatic N) is 5. The second-order valence-electron chi connectivity index (χ2n) is 6.69. The zero-order valence-electron chi connectivity index (χ0n) is 17.6. The van der Waals surface area contributed by atoms with Crippen molar-refractivity contribution in [1.82, 2.24) is 15.0 Å². The Morgan fingerprint density at radius 3 is 2.70 bits per heavy atom. The van der Waals surface area contributed by atoms with Crippen molar-refractivity contribution < 1.29 is 22.7 Å². The molecule has 2 amide bonds. The van der Waals surface area contributed by atoms with Crippen molar-refractivity contribution in [2.45, 2.75) is 26.1 Å². The predicted octanol–water partition coefficient (Wildman–Crippen LogP) is 3.35. The number of fused-ring (bicyclic) bond motifs is 1. The van der Waals surface area contributed by atoms with E-state index in [4.69, 9.17) is 16.4 Å². The lowest BCUT2D eigenvalue weighted by Gasteiger charge is -2.19. The largest absolute Gasteiger partial charge is 0.420 e. The fraction of sp³-hybridized carbons (Fsp3) is 0.278. The van der Waals surface area contributed by atoms with Gasteiger partial charge < -0.3 is 21.2 Å². The highest BCUT2D eigenvalue weighted by Gasteiger charge is 2.36. The number of urea groups is 1. The highest BCUT2D eigenvalue weighted by Crippen LogP contribution is 2.36.